The molecule has 0 spiro atoms. The Bertz CT molecular complexity index is 407. The van der Waals surface area contributed by atoms with E-state index in [9.17, 15) is 18.3 Å². The smallest absolute Gasteiger partial charge is 0.431 e. The molecule has 0 saturated carbocycles. The summed E-state index contributed by atoms with van der Waals surface area (Å²) in [5, 5.41) is 12.8. The topological polar surface area (TPSA) is 44.6 Å². The van der Waals surface area contributed by atoms with E-state index in [2.05, 4.69) is 10.5 Å². The van der Waals surface area contributed by atoms with Gasteiger partial charge in [0.15, 0.2) is 0 Å². The molecule has 0 aliphatic heterocycles. The molecule has 1 rings (SSSR count). The van der Waals surface area contributed by atoms with Gasteiger partial charge in [0, 0.05) is 0 Å². The lowest BCUT2D eigenvalue weighted by Gasteiger charge is -2.11. The molecule has 0 aromatic heterocycles. The Labute approximate surface area is 97.0 Å². The zero-order chi connectivity index (χ0) is 13.1. The van der Waals surface area contributed by atoms with Gasteiger partial charge in [-0.25, -0.2) is 0 Å². The largest absolute Gasteiger partial charge is 0.506 e. The zero-order valence-corrected chi connectivity index (χ0v) is 9.47. The number of nitrogens with zero attached hydrogens (tertiary/aromatic N) is 1. The number of aromatic hydroxyl groups is 1. The quantitative estimate of drug-likeness (QED) is 0.487. The lowest BCUT2D eigenvalue weighted by atomic mass is 10.2. The summed E-state index contributed by atoms with van der Waals surface area (Å²) in [6, 6.07) is 4.64. The Balaban J connectivity index is 2.96. The summed E-state index contributed by atoms with van der Waals surface area (Å²) >= 11 is 0. The van der Waals surface area contributed by atoms with Crippen molar-refractivity contribution in [2.45, 2.75) is 26.4 Å². The van der Waals surface area contributed by atoms with Crippen LogP contribution in [0.5, 0.6) is 5.75 Å². The number of alkyl halides is 3. The van der Waals surface area contributed by atoms with E-state index in [1.807, 2.05) is 0 Å². The van der Waals surface area contributed by atoms with Crippen molar-refractivity contribution in [1.29, 1.82) is 0 Å². The van der Waals surface area contributed by atoms with E-state index in [0.717, 1.165) is 0 Å². The van der Waals surface area contributed by atoms with Gasteiger partial charge in [0.25, 0.3) is 0 Å². The maximum absolute atomic E-state index is 12.4. The number of hydrogen-bond donors (Lipinski definition) is 2. The second-order valence-corrected chi connectivity index (χ2v) is 3.49. The van der Waals surface area contributed by atoms with Crippen LogP contribution in [0.15, 0.2) is 23.3 Å². The molecule has 0 heterocycles. The zero-order valence-electron chi connectivity index (χ0n) is 9.47. The van der Waals surface area contributed by atoms with Crippen LogP contribution in [-0.2, 0) is 0 Å². The van der Waals surface area contributed by atoms with Crippen LogP contribution in [0.25, 0.3) is 0 Å². The summed E-state index contributed by atoms with van der Waals surface area (Å²) in [6.07, 6.45) is -4.69. The highest BCUT2D eigenvalue weighted by atomic mass is 19.4. The molecule has 0 bridgehead atoms. The van der Waals surface area contributed by atoms with E-state index in [4.69, 9.17) is 0 Å². The Hall–Kier alpha value is -1.72. The highest BCUT2D eigenvalue weighted by molar-refractivity contribution is 5.90. The molecule has 0 aliphatic carbocycles. The predicted molar refractivity (Wildman–Crippen MR) is 60.2 cm³/mol. The van der Waals surface area contributed by atoms with Crippen LogP contribution in [0, 0.1) is 6.92 Å². The number of halogens is 3. The summed E-state index contributed by atoms with van der Waals surface area (Å²) in [5.74, 6) is -0.133. The van der Waals surface area contributed by atoms with Crippen molar-refractivity contribution in [2.24, 2.45) is 5.10 Å². The highest BCUT2D eigenvalue weighted by Gasteiger charge is 2.34. The van der Waals surface area contributed by atoms with Gasteiger partial charge in [0.1, 0.15) is 17.1 Å². The van der Waals surface area contributed by atoms with Crippen LogP contribution in [-0.4, -0.2) is 17.0 Å². The fourth-order valence-corrected chi connectivity index (χ4v) is 1.26. The molecule has 17 heavy (non-hydrogen) atoms. The molecule has 0 atom stereocenters. The molecule has 1 aromatic carbocycles. The minimum absolute atomic E-state index is 0.133. The lowest BCUT2D eigenvalue weighted by Crippen LogP contribution is -2.23. The van der Waals surface area contributed by atoms with Crippen molar-refractivity contribution < 1.29 is 18.3 Å². The third-order valence-electron chi connectivity index (χ3n) is 2.22. The number of phenols is 1. The molecule has 3 nitrogen and oxygen atoms in total. The molecular formula is C11H13F3N2O. The summed E-state index contributed by atoms with van der Waals surface area (Å²) in [6.45, 7) is 3.03. The Morgan fingerprint density at radius 1 is 1.41 bits per heavy atom. The van der Waals surface area contributed by atoms with Crippen molar-refractivity contribution in [3.63, 3.8) is 0 Å². The first kappa shape index (κ1) is 13.3. The van der Waals surface area contributed by atoms with Gasteiger partial charge < -0.3 is 5.11 Å². The molecule has 1 aromatic rings. The monoisotopic (exact) mass is 246 g/mol. The average molecular weight is 246 g/mol. The fraction of sp³-hybridized carbons (Fsp3) is 0.364. The molecule has 94 valence electrons. The number of benzene rings is 1. The lowest BCUT2D eigenvalue weighted by molar-refractivity contribution is -0.0603. The molecule has 2 N–H and O–H groups in total. The Kier molecular flexibility index (Phi) is 3.98. The van der Waals surface area contributed by atoms with Gasteiger partial charge in [0.05, 0.1) is 0 Å². The molecule has 6 heteroatoms. The molecule has 0 amide bonds. The molecular weight excluding hydrogens is 233 g/mol. The van der Waals surface area contributed by atoms with Gasteiger partial charge >= 0.3 is 6.18 Å². The van der Waals surface area contributed by atoms with E-state index in [1.54, 1.807) is 19.1 Å². The van der Waals surface area contributed by atoms with Crippen LogP contribution >= 0.6 is 0 Å². The number of hydrogen-bond acceptors (Lipinski definition) is 3. The van der Waals surface area contributed by atoms with Crippen LogP contribution in [0.3, 0.4) is 0 Å². The van der Waals surface area contributed by atoms with Crippen LogP contribution in [0.1, 0.15) is 18.9 Å². The van der Waals surface area contributed by atoms with Crippen molar-refractivity contribution in [3.8, 4) is 5.75 Å². The van der Waals surface area contributed by atoms with E-state index in [1.165, 1.54) is 13.0 Å². The van der Waals surface area contributed by atoms with Gasteiger partial charge in [0.2, 0.25) is 0 Å². The third-order valence-corrected chi connectivity index (χ3v) is 2.22. The fourth-order valence-electron chi connectivity index (χ4n) is 1.26. The minimum atomic E-state index is -4.46. The second kappa shape index (κ2) is 5.07. The van der Waals surface area contributed by atoms with Crippen molar-refractivity contribution in [3.05, 3.63) is 23.8 Å². The number of phenolic OH excluding ortho intramolecular Hbond substituents is 1. The van der Waals surface area contributed by atoms with E-state index >= 15 is 0 Å². The van der Waals surface area contributed by atoms with Gasteiger partial charge in [-0.3, -0.25) is 5.43 Å². The predicted octanol–water partition coefficient (Wildman–Crippen LogP) is 3.44. The van der Waals surface area contributed by atoms with E-state index < -0.39 is 11.9 Å². The number of anilines is 1. The molecule has 0 aliphatic rings. The Morgan fingerprint density at radius 3 is 2.53 bits per heavy atom. The number of para-hydroxylation sites is 1. The first-order valence-corrected chi connectivity index (χ1v) is 5.04. The molecule has 0 unspecified atom stereocenters. The summed E-state index contributed by atoms with van der Waals surface area (Å²) < 4.78 is 37.2. The Morgan fingerprint density at radius 2 is 2.06 bits per heavy atom. The maximum atomic E-state index is 12.4. The summed E-state index contributed by atoms with van der Waals surface area (Å²) in [5.41, 5.74) is 2.14. The number of rotatable bonds is 3. The molecule has 0 radical (unpaired) electrons. The minimum Gasteiger partial charge on any atom is -0.506 e. The molecule has 0 saturated heterocycles. The van der Waals surface area contributed by atoms with Gasteiger partial charge in [-0.05, 0) is 25.0 Å². The van der Waals surface area contributed by atoms with Crippen LogP contribution < -0.4 is 5.43 Å². The van der Waals surface area contributed by atoms with Crippen LogP contribution in [0.4, 0.5) is 18.9 Å². The normalized spacial score (nSPS) is 12.6. The molecule has 0 fully saturated rings. The van der Waals surface area contributed by atoms with Gasteiger partial charge in [-0.2, -0.15) is 18.3 Å². The van der Waals surface area contributed by atoms with Gasteiger partial charge in [-0.1, -0.05) is 19.1 Å². The second-order valence-electron chi connectivity index (χ2n) is 3.49. The first-order valence-electron chi connectivity index (χ1n) is 5.04. The maximum Gasteiger partial charge on any atom is 0.431 e. The van der Waals surface area contributed by atoms with Crippen molar-refractivity contribution in [1.82, 2.24) is 0 Å². The standard InChI is InChI=1S/C11H13F3N2O/c1-3-9(11(12,13)14)15-16-10-7(2)5-4-6-8(10)17/h4-6,16-17H,3H2,1-2H3/b15-9+. The summed E-state index contributed by atoms with van der Waals surface area (Å²) in [4.78, 5) is 0. The van der Waals surface area contributed by atoms with Crippen molar-refractivity contribution in [2.75, 3.05) is 5.43 Å². The first-order chi connectivity index (χ1) is 7.86. The SMILES string of the molecule is CC/C(=N\Nc1c(C)cccc1O)C(F)(F)F. The highest BCUT2D eigenvalue weighted by Crippen LogP contribution is 2.27. The van der Waals surface area contributed by atoms with E-state index in [-0.39, 0.29) is 17.9 Å². The average Bonchev–Trinajstić information content (AvgIpc) is 2.20. The number of hydrazone groups is 1. The number of aryl methyl sites for hydroxylation is 1. The van der Waals surface area contributed by atoms with Crippen LogP contribution in [0.2, 0.25) is 0 Å². The van der Waals surface area contributed by atoms with Crippen molar-refractivity contribution >= 4 is 11.4 Å². The van der Waals surface area contributed by atoms with Gasteiger partial charge in [-0.15, -0.1) is 0 Å². The number of nitrogens with one attached hydrogen (secondary N) is 1. The van der Waals surface area contributed by atoms with E-state index in [0.29, 0.717) is 5.56 Å². The third kappa shape index (κ3) is 3.37. The summed E-state index contributed by atoms with van der Waals surface area (Å²) in [7, 11) is 0.